The molecule has 0 aliphatic carbocycles. The molecule has 1 aromatic rings. The van der Waals surface area contributed by atoms with Crippen LogP contribution in [0.5, 0.6) is 0 Å². The Morgan fingerprint density at radius 1 is 1.50 bits per heavy atom. The van der Waals surface area contributed by atoms with E-state index in [0.29, 0.717) is 15.7 Å². The largest absolute Gasteiger partial charge is 0.382 e. The van der Waals surface area contributed by atoms with Crippen LogP contribution < -0.4 is 10.6 Å². The Labute approximate surface area is 104 Å². The van der Waals surface area contributed by atoms with Crippen molar-refractivity contribution in [3.8, 4) is 0 Å². The van der Waals surface area contributed by atoms with E-state index >= 15 is 0 Å². The molecular formula is C10H12Cl2N2O2. The standard InChI is InChI=1S/C10H12Cl2N2O2/c1-14(10(16)9(15)5-13)6-2-3-7(11)8(12)4-6/h2-4,9,15H,5,13H2,1H3. The number of carbonyl (C=O) groups excluding carboxylic acids is 1. The van der Waals surface area contributed by atoms with Gasteiger partial charge in [0.15, 0.2) is 0 Å². The Balaban J connectivity index is 2.92. The first-order chi connectivity index (χ1) is 7.47. The second kappa shape index (κ2) is 5.50. The normalized spacial score (nSPS) is 12.3. The zero-order chi connectivity index (χ0) is 12.3. The van der Waals surface area contributed by atoms with Crippen molar-refractivity contribution < 1.29 is 9.90 Å². The first-order valence-electron chi connectivity index (χ1n) is 4.58. The number of anilines is 1. The van der Waals surface area contributed by atoms with Gasteiger partial charge in [0.05, 0.1) is 10.0 Å². The third-order valence-electron chi connectivity index (χ3n) is 2.13. The minimum absolute atomic E-state index is 0.121. The fraction of sp³-hybridized carbons (Fsp3) is 0.300. The molecule has 0 heterocycles. The quantitative estimate of drug-likeness (QED) is 0.863. The first-order valence-corrected chi connectivity index (χ1v) is 5.33. The van der Waals surface area contributed by atoms with E-state index in [1.807, 2.05) is 0 Å². The number of hydrogen-bond donors (Lipinski definition) is 2. The Hall–Kier alpha value is -0.810. The van der Waals surface area contributed by atoms with Gasteiger partial charge in [0.2, 0.25) is 0 Å². The summed E-state index contributed by atoms with van der Waals surface area (Å²) in [6.07, 6.45) is -1.21. The summed E-state index contributed by atoms with van der Waals surface area (Å²) in [6, 6.07) is 4.76. The summed E-state index contributed by atoms with van der Waals surface area (Å²) in [5.41, 5.74) is 5.75. The summed E-state index contributed by atoms with van der Waals surface area (Å²) < 4.78 is 0. The minimum Gasteiger partial charge on any atom is -0.382 e. The molecule has 6 heteroatoms. The molecule has 0 saturated carbocycles. The van der Waals surface area contributed by atoms with Crippen LogP contribution in [-0.2, 0) is 4.79 Å². The van der Waals surface area contributed by atoms with Crippen molar-refractivity contribution >= 4 is 34.8 Å². The number of rotatable bonds is 3. The lowest BCUT2D eigenvalue weighted by Gasteiger charge is -2.20. The summed E-state index contributed by atoms with van der Waals surface area (Å²) in [4.78, 5) is 12.9. The molecule has 1 aromatic carbocycles. The van der Waals surface area contributed by atoms with Crippen LogP contribution in [0.3, 0.4) is 0 Å². The van der Waals surface area contributed by atoms with Crippen LogP contribution in [0.1, 0.15) is 0 Å². The molecule has 0 aliphatic rings. The average Bonchev–Trinajstić information content (AvgIpc) is 2.29. The Kier molecular flexibility index (Phi) is 4.56. The monoisotopic (exact) mass is 262 g/mol. The SMILES string of the molecule is CN(C(=O)C(O)CN)c1ccc(Cl)c(Cl)c1. The fourth-order valence-corrected chi connectivity index (χ4v) is 1.44. The Bertz CT molecular complexity index is 398. The number of benzene rings is 1. The van der Waals surface area contributed by atoms with Gasteiger partial charge in [-0.05, 0) is 18.2 Å². The lowest BCUT2D eigenvalue weighted by atomic mass is 10.2. The predicted octanol–water partition coefficient (Wildman–Crippen LogP) is 1.28. The second-order valence-electron chi connectivity index (χ2n) is 3.25. The summed E-state index contributed by atoms with van der Waals surface area (Å²) >= 11 is 11.6. The van der Waals surface area contributed by atoms with E-state index in [1.54, 1.807) is 18.2 Å². The maximum absolute atomic E-state index is 11.6. The third-order valence-corrected chi connectivity index (χ3v) is 2.87. The minimum atomic E-state index is -1.21. The summed E-state index contributed by atoms with van der Waals surface area (Å²) in [6.45, 7) is -0.121. The number of aliphatic hydroxyl groups excluding tert-OH is 1. The van der Waals surface area contributed by atoms with Crippen molar-refractivity contribution in [2.24, 2.45) is 5.73 Å². The van der Waals surface area contributed by atoms with Crippen molar-refractivity contribution in [3.63, 3.8) is 0 Å². The second-order valence-corrected chi connectivity index (χ2v) is 4.06. The molecule has 4 nitrogen and oxygen atoms in total. The predicted molar refractivity (Wildman–Crippen MR) is 64.9 cm³/mol. The maximum atomic E-state index is 11.6. The summed E-state index contributed by atoms with van der Waals surface area (Å²) in [5, 5.41) is 10.1. The molecule has 1 rings (SSSR count). The highest BCUT2D eigenvalue weighted by atomic mass is 35.5. The van der Waals surface area contributed by atoms with E-state index in [1.165, 1.54) is 11.9 Å². The van der Waals surface area contributed by atoms with Crippen molar-refractivity contribution in [2.75, 3.05) is 18.5 Å². The lowest BCUT2D eigenvalue weighted by molar-refractivity contribution is -0.125. The van der Waals surface area contributed by atoms with Crippen molar-refractivity contribution in [2.45, 2.75) is 6.10 Å². The van der Waals surface area contributed by atoms with Gasteiger partial charge in [-0.25, -0.2) is 0 Å². The maximum Gasteiger partial charge on any atom is 0.256 e. The fourth-order valence-electron chi connectivity index (χ4n) is 1.15. The van der Waals surface area contributed by atoms with Crippen LogP contribution in [-0.4, -0.2) is 30.7 Å². The first kappa shape index (κ1) is 13.3. The molecule has 0 spiro atoms. The van der Waals surface area contributed by atoms with Gasteiger partial charge >= 0.3 is 0 Å². The molecule has 16 heavy (non-hydrogen) atoms. The molecule has 1 amide bonds. The summed E-state index contributed by atoms with van der Waals surface area (Å²) in [7, 11) is 1.53. The number of nitrogens with two attached hydrogens (primary N) is 1. The van der Waals surface area contributed by atoms with Gasteiger partial charge < -0.3 is 15.7 Å². The van der Waals surface area contributed by atoms with Crippen molar-refractivity contribution in [1.82, 2.24) is 0 Å². The highest BCUT2D eigenvalue weighted by molar-refractivity contribution is 6.42. The van der Waals surface area contributed by atoms with E-state index in [-0.39, 0.29) is 6.54 Å². The van der Waals surface area contributed by atoms with Gasteiger partial charge in [-0.15, -0.1) is 0 Å². The van der Waals surface area contributed by atoms with Gasteiger partial charge in [-0.2, -0.15) is 0 Å². The molecule has 88 valence electrons. The van der Waals surface area contributed by atoms with Crippen LogP contribution >= 0.6 is 23.2 Å². The van der Waals surface area contributed by atoms with E-state index in [4.69, 9.17) is 28.9 Å². The van der Waals surface area contributed by atoms with Crippen molar-refractivity contribution in [3.05, 3.63) is 28.2 Å². The van der Waals surface area contributed by atoms with Crippen LogP contribution in [0.25, 0.3) is 0 Å². The number of halogens is 2. The number of likely N-dealkylation sites (N-methyl/N-ethyl adjacent to an activating group) is 1. The number of amides is 1. The van der Waals surface area contributed by atoms with E-state index in [2.05, 4.69) is 0 Å². The number of hydrogen-bond acceptors (Lipinski definition) is 3. The van der Waals surface area contributed by atoms with Gasteiger partial charge in [-0.3, -0.25) is 4.79 Å². The van der Waals surface area contributed by atoms with Crippen LogP contribution in [0.15, 0.2) is 18.2 Å². The molecule has 0 fully saturated rings. The molecule has 0 saturated heterocycles. The van der Waals surface area contributed by atoms with Gasteiger partial charge in [0, 0.05) is 19.3 Å². The Morgan fingerprint density at radius 3 is 2.62 bits per heavy atom. The Morgan fingerprint density at radius 2 is 2.12 bits per heavy atom. The van der Waals surface area contributed by atoms with Gasteiger partial charge in [0.25, 0.3) is 5.91 Å². The lowest BCUT2D eigenvalue weighted by Crippen LogP contribution is -2.40. The summed E-state index contributed by atoms with van der Waals surface area (Å²) in [5.74, 6) is -0.485. The molecule has 0 bridgehead atoms. The highest BCUT2D eigenvalue weighted by Gasteiger charge is 2.19. The number of nitrogens with zero attached hydrogens (tertiary/aromatic N) is 1. The van der Waals surface area contributed by atoms with Crippen LogP contribution in [0.4, 0.5) is 5.69 Å². The molecule has 1 unspecified atom stereocenters. The van der Waals surface area contributed by atoms with E-state index in [0.717, 1.165) is 0 Å². The number of carbonyl (C=O) groups is 1. The molecular weight excluding hydrogens is 251 g/mol. The smallest absolute Gasteiger partial charge is 0.256 e. The van der Waals surface area contributed by atoms with Gasteiger partial charge in [-0.1, -0.05) is 23.2 Å². The third kappa shape index (κ3) is 2.86. The van der Waals surface area contributed by atoms with Gasteiger partial charge in [0.1, 0.15) is 6.10 Å². The van der Waals surface area contributed by atoms with Crippen LogP contribution in [0, 0.1) is 0 Å². The number of aliphatic hydroxyl groups is 1. The molecule has 0 aromatic heterocycles. The zero-order valence-electron chi connectivity index (χ0n) is 8.65. The molecule has 0 aliphatic heterocycles. The van der Waals surface area contributed by atoms with E-state index < -0.39 is 12.0 Å². The van der Waals surface area contributed by atoms with Crippen LogP contribution in [0.2, 0.25) is 10.0 Å². The molecule has 0 radical (unpaired) electrons. The molecule has 1 atom stereocenters. The highest BCUT2D eigenvalue weighted by Crippen LogP contribution is 2.26. The molecule has 3 N–H and O–H groups in total. The average molecular weight is 263 g/mol. The van der Waals surface area contributed by atoms with E-state index in [9.17, 15) is 9.90 Å². The van der Waals surface area contributed by atoms with Crippen molar-refractivity contribution in [1.29, 1.82) is 0 Å². The topological polar surface area (TPSA) is 66.6 Å². The zero-order valence-corrected chi connectivity index (χ0v) is 10.2.